The molecule has 1 unspecified atom stereocenters. The van der Waals surface area contributed by atoms with Crippen LogP contribution in [0, 0.1) is 18.3 Å². The summed E-state index contributed by atoms with van der Waals surface area (Å²) in [4.78, 5) is 8.58. The Balaban J connectivity index is 1.63. The molecule has 0 saturated heterocycles. The summed E-state index contributed by atoms with van der Waals surface area (Å²) < 4.78 is 10.7. The highest BCUT2D eigenvalue weighted by atomic mass is 35.5. The molecule has 1 heterocycles. The highest BCUT2D eigenvalue weighted by molar-refractivity contribution is 6.32. The molecule has 1 aromatic heterocycles. The van der Waals surface area contributed by atoms with E-state index in [2.05, 4.69) is 26.7 Å². The van der Waals surface area contributed by atoms with Crippen molar-refractivity contribution in [2.45, 2.75) is 12.8 Å². The van der Waals surface area contributed by atoms with Crippen molar-refractivity contribution in [1.29, 1.82) is 5.26 Å². The van der Waals surface area contributed by atoms with E-state index in [1.165, 1.54) is 6.33 Å². The Bertz CT molecular complexity index is 1470. The Morgan fingerprint density at radius 3 is 2.22 bits per heavy atom. The fourth-order valence-electron chi connectivity index (χ4n) is 3.80. The van der Waals surface area contributed by atoms with E-state index >= 15 is 0 Å². The number of nitrogens with zero attached hydrogens (tertiary/aromatic N) is 3. The number of aromatic nitrogens is 2. The Labute approximate surface area is 225 Å². The van der Waals surface area contributed by atoms with Crippen LogP contribution in [0.25, 0.3) is 0 Å². The van der Waals surface area contributed by atoms with Crippen LogP contribution in [0.15, 0.2) is 60.9 Å². The molecule has 188 valence electrons. The summed E-state index contributed by atoms with van der Waals surface area (Å²) >= 11 is 12.6. The van der Waals surface area contributed by atoms with E-state index in [1.807, 2.05) is 25.1 Å². The van der Waals surface area contributed by atoms with Crippen LogP contribution >= 0.6 is 23.2 Å². The van der Waals surface area contributed by atoms with Gasteiger partial charge in [-0.05, 0) is 53.9 Å². The van der Waals surface area contributed by atoms with Gasteiger partial charge in [0, 0.05) is 21.8 Å². The Morgan fingerprint density at radius 1 is 0.919 bits per heavy atom. The fraction of sp³-hybridized carbons (Fsp3) is 0.148. The molecule has 0 saturated carbocycles. The van der Waals surface area contributed by atoms with Crippen LogP contribution in [-0.2, 0) is 0 Å². The molecule has 1 atom stereocenters. The number of nitrogens with one attached hydrogen (secondary N) is 2. The van der Waals surface area contributed by atoms with Gasteiger partial charge in [0.25, 0.3) is 0 Å². The minimum absolute atomic E-state index is 0.294. The number of halogens is 2. The SMILES string of the molecule is COc1ccc(OC)c(Nc2ncnc(Nc3cc(Cl)c(C(C#N)c4ccc(Cl)cc4)cc3C)c2N)c1. The molecule has 3 aromatic carbocycles. The molecule has 4 aromatic rings. The van der Waals surface area contributed by atoms with Crippen LogP contribution < -0.4 is 25.8 Å². The summed E-state index contributed by atoms with van der Waals surface area (Å²) in [6.07, 6.45) is 1.39. The molecule has 0 radical (unpaired) electrons. The summed E-state index contributed by atoms with van der Waals surface area (Å²) in [5, 5.41) is 17.3. The summed E-state index contributed by atoms with van der Waals surface area (Å²) in [6.45, 7) is 1.91. The van der Waals surface area contributed by atoms with Gasteiger partial charge in [0.15, 0.2) is 11.6 Å². The number of anilines is 5. The Morgan fingerprint density at radius 2 is 1.59 bits per heavy atom. The molecule has 0 bridgehead atoms. The lowest BCUT2D eigenvalue weighted by Crippen LogP contribution is -2.07. The number of nitriles is 1. The van der Waals surface area contributed by atoms with E-state index in [9.17, 15) is 5.26 Å². The maximum absolute atomic E-state index is 9.87. The van der Waals surface area contributed by atoms with E-state index in [0.717, 1.165) is 11.1 Å². The van der Waals surface area contributed by atoms with Crippen LogP contribution in [0.5, 0.6) is 11.5 Å². The number of nitrogen functional groups attached to an aromatic ring is 1. The summed E-state index contributed by atoms with van der Waals surface area (Å²) in [5.41, 5.74) is 10.4. The number of nitrogens with two attached hydrogens (primary N) is 1. The van der Waals surface area contributed by atoms with Crippen LogP contribution in [-0.4, -0.2) is 24.2 Å². The second kappa shape index (κ2) is 11.2. The van der Waals surface area contributed by atoms with Crippen LogP contribution in [0.3, 0.4) is 0 Å². The minimum atomic E-state index is -0.546. The first-order valence-electron chi connectivity index (χ1n) is 11.2. The third-order valence-corrected chi connectivity index (χ3v) is 6.36. The molecular weight excluding hydrogens is 511 g/mol. The number of benzene rings is 3. The topological polar surface area (TPSA) is 118 Å². The van der Waals surface area contributed by atoms with Crippen LogP contribution in [0.4, 0.5) is 28.7 Å². The van der Waals surface area contributed by atoms with Crippen molar-refractivity contribution >= 4 is 51.9 Å². The van der Waals surface area contributed by atoms with Crippen molar-refractivity contribution in [1.82, 2.24) is 9.97 Å². The number of aryl methyl sites for hydroxylation is 1. The smallest absolute Gasteiger partial charge is 0.159 e. The number of rotatable bonds is 8. The number of methoxy groups -OCH3 is 2. The Hall–Kier alpha value is -4.19. The molecule has 0 aliphatic heterocycles. The second-order valence-corrected chi connectivity index (χ2v) is 8.95. The normalized spacial score (nSPS) is 11.4. The van der Waals surface area contributed by atoms with Crippen molar-refractivity contribution < 1.29 is 9.47 Å². The lowest BCUT2D eigenvalue weighted by atomic mass is 9.91. The molecule has 0 spiro atoms. The van der Waals surface area contributed by atoms with Gasteiger partial charge in [0.05, 0.1) is 31.9 Å². The quantitative estimate of drug-likeness (QED) is 0.225. The van der Waals surface area contributed by atoms with Crippen molar-refractivity contribution in [2.75, 3.05) is 30.6 Å². The lowest BCUT2D eigenvalue weighted by Gasteiger charge is -2.18. The molecule has 8 nitrogen and oxygen atoms in total. The highest BCUT2D eigenvalue weighted by Gasteiger charge is 2.19. The van der Waals surface area contributed by atoms with E-state index in [0.29, 0.717) is 55.8 Å². The zero-order valence-electron chi connectivity index (χ0n) is 20.3. The van der Waals surface area contributed by atoms with E-state index in [1.54, 1.807) is 50.6 Å². The maximum atomic E-state index is 9.87. The highest BCUT2D eigenvalue weighted by Crippen LogP contribution is 2.37. The molecule has 0 aliphatic rings. The second-order valence-electron chi connectivity index (χ2n) is 8.10. The average molecular weight is 535 g/mol. The zero-order chi connectivity index (χ0) is 26.5. The first-order chi connectivity index (χ1) is 17.8. The standard InChI is InChI=1S/C27H24Cl2N6O2/c1-15-10-19(20(13-30)16-4-6-17(28)7-5-16)21(29)12-22(15)34-26-25(31)27(33-14-32-26)35-23-11-18(36-2)8-9-24(23)37-3/h4-12,14,20H,31H2,1-3H3,(H2,32,33,34,35). The van der Waals surface area contributed by atoms with Crippen molar-refractivity contribution in [3.05, 3.63) is 87.7 Å². The maximum Gasteiger partial charge on any atom is 0.159 e. The summed E-state index contributed by atoms with van der Waals surface area (Å²) in [7, 11) is 3.16. The predicted octanol–water partition coefficient (Wildman–Crippen LogP) is 6.83. The van der Waals surface area contributed by atoms with Crippen molar-refractivity contribution in [3.8, 4) is 17.6 Å². The zero-order valence-corrected chi connectivity index (χ0v) is 21.9. The summed E-state index contributed by atoms with van der Waals surface area (Å²) in [6, 6.07) is 18.5. The van der Waals surface area contributed by atoms with Crippen LogP contribution in [0.2, 0.25) is 10.0 Å². The van der Waals surface area contributed by atoms with Crippen molar-refractivity contribution in [2.24, 2.45) is 0 Å². The predicted molar refractivity (Wildman–Crippen MR) is 148 cm³/mol. The first-order valence-corrected chi connectivity index (χ1v) is 11.9. The molecule has 0 aliphatic carbocycles. The number of hydrogen-bond acceptors (Lipinski definition) is 8. The van der Waals surface area contributed by atoms with E-state index < -0.39 is 5.92 Å². The van der Waals surface area contributed by atoms with Gasteiger partial charge in [-0.1, -0.05) is 41.4 Å². The van der Waals surface area contributed by atoms with Gasteiger partial charge >= 0.3 is 0 Å². The lowest BCUT2D eigenvalue weighted by molar-refractivity contribution is 0.405. The number of hydrogen-bond donors (Lipinski definition) is 3. The van der Waals surface area contributed by atoms with Gasteiger partial charge in [0.1, 0.15) is 23.5 Å². The minimum Gasteiger partial charge on any atom is -0.497 e. The average Bonchev–Trinajstić information content (AvgIpc) is 2.90. The van der Waals surface area contributed by atoms with Gasteiger partial charge in [-0.25, -0.2) is 9.97 Å². The van der Waals surface area contributed by atoms with Gasteiger partial charge < -0.3 is 25.8 Å². The largest absolute Gasteiger partial charge is 0.497 e. The monoisotopic (exact) mass is 534 g/mol. The van der Waals surface area contributed by atoms with Gasteiger partial charge in [-0.3, -0.25) is 0 Å². The van der Waals surface area contributed by atoms with Crippen LogP contribution in [0.1, 0.15) is 22.6 Å². The van der Waals surface area contributed by atoms with Gasteiger partial charge in [0.2, 0.25) is 0 Å². The van der Waals surface area contributed by atoms with Gasteiger partial charge in [-0.15, -0.1) is 0 Å². The first kappa shape index (κ1) is 25.9. The van der Waals surface area contributed by atoms with Crippen molar-refractivity contribution in [3.63, 3.8) is 0 Å². The molecule has 4 N–H and O–H groups in total. The third-order valence-electron chi connectivity index (χ3n) is 5.78. The number of ether oxygens (including phenoxy) is 2. The van der Waals surface area contributed by atoms with Gasteiger partial charge in [-0.2, -0.15) is 5.26 Å². The van der Waals surface area contributed by atoms with E-state index in [-0.39, 0.29) is 0 Å². The molecule has 0 fully saturated rings. The molecular formula is C27H24Cl2N6O2. The molecule has 37 heavy (non-hydrogen) atoms. The Kier molecular flexibility index (Phi) is 7.87. The third kappa shape index (κ3) is 5.64. The molecule has 10 heteroatoms. The molecule has 0 amide bonds. The fourth-order valence-corrected chi connectivity index (χ4v) is 4.20. The van der Waals surface area contributed by atoms with E-state index in [4.69, 9.17) is 38.4 Å². The summed E-state index contributed by atoms with van der Waals surface area (Å²) in [5.74, 6) is 1.47. The molecule has 4 rings (SSSR count).